The summed E-state index contributed by atoms with van der Waals surface area (Å²) >= 11 is 1.16. The van der Waals surface area contributed by atoms with E-state index in [2.05, 4.69) is 34.5 Å². The third kappa shape index (κ3) is 3.39. The van der Waals surface area contributed by atoms with E-state index in [1.165, 1.54) is 5.56 Å². The molecule has 2 N–H and O–H groups in total. The maximum absolute atomic E-state index is 12.3. The quantitative estimate of drug-likeness (QED) is 0.943. The standard InChI is InChI=1S/C15H18N4OS/c16-15-18-17-13(21-15)14(20)19-8-6-12(7-9-19)10-11-4-2-1-3-5-11/h1-5,12H,6-10H2,(H2,16,18). The van der Waals surface area contributed by atoms with Crippen molar-refractivity contribution in [1.29, 1.82) is 0 Å². The zero-order valence-electron chi connectivity index (χ0n) is 11.7. The fraction of sp³-hybridized carbons (Fsp3) is 0.400. The van der Waals surface area contributed by atoms with Crippen molar-refractivity contribution in [3.63, 3.8) is 0 Å². The van der Waals surface area contributed by atoms with Crippen LogP contribution in [0, 0.1) is 5.92 Å². The Morgan fingerprint density at radius 2 is 1.95 bits per heavy atom. The number of nitrogens with zero attached hydrogens (tertiary/aromatic N) is 3. The molecule has 5 nitrogen and oxygen atoms in total. The van der Waals surface area contributed by atoms with E-state index in [1.807, 2.05) is 11.0 Å². The van der Waals surface area contributed by atoms with Gasteiger partial charge >= 0.3 is 0 Å². The van der Waals surface area contributed by atoms with Crippen molar-refractivity contribution in [1.82, 2.24) is 15.1 Å². The fourth-order valence-corrected chi connectivity index (χ4v) is 3.32. The number of anilines is 1. The van der Waals surface area contributed by atoms with Crippen LogP contribution < -0.4 is 5.73 Å². The highest BCUT2D eigenvalue weighted by Gasteiger charge is 2.25. The summed E-state index contributed by atoms with van der Waals surface area (Å²) in [6.45, 7) is 1.58. The zero-order valence-corrected chi connectivity index (χ0v) is 12.6. The number of hydrogen-bond acceptors (Lipinski definition) is 5. The molecular weight excluding hydrogens is 284 g/mol. The van der Waals surface area contributed by atoms with E-state index in [4.69, 9.17) is 5.73 Å². The minimum atomic E-state index is -0.0395. The Labute approximate surface area is 127 Å². The lowest BCUT2D eigenvalue weighted by Gasteiger charge is -2.31. The van der Waals surface area contributed by atoms with Crippen molar-refractivity contribution in [2.24, 2.45) is 5.92 Å². The lowest BCUT2D eigenvalue weighted by Crippen LogP contribution is -2.38. The normalized spacial score (nSPS) is 16.1. The van der Waals surface area contributed by atoms with Gasteiger partial charge in [0.05, 0.1) is 0 Å². The SMILES string of the molecule is Nc1nnc(C(=O)N2CCC(Cc3ccccc3)CC2)s1. The highest BCUT2D eigenvalue weighted by molar-refractivity contribution is 7.16. The molecule has 1 saturated heterocycles. The Kier molecular flexibility index (Phi) is 4.15. The minimum absolute atomic E-state index is 0.0395. The van der Waals surface area contributed by atoms with E-state index < -0.39 is 0 Å². The summed E-state index contributed by atoms with van der Waals surface area (Å²) in [6.07, 6.45) is 3.17. The smallest absolute Gasteiger partial charge is 0.284 e. The monoisotopic (exact) mass is 302 g/mol. The maximum Gasteiger partial charge on any atom is 0.284 e. The molecule has 0 spiro atoms. The van der Waals surface area contributed by atoms with Gasteiger partial charge in [-0.2, -0.15) is 0 Å². The van der Waals surface area contributed by atoms with E-state index >= 15 is 0 Å². The number of piperidine rings is 1. The minimum Gasteiger partial charge on any atom is -0.374 e. The Morgan fingerprint density at radius 3 is 2.57 bits per heavy atom. The summed E-state index contributed by atoms with van der Waals surface area (Å²) in [5.74, 6) is 0.610. The number of nitrogen functional groups attached to an aromatic ring is 1. The van der Waals surface area contributed by atoms with E-state index in [9.17, 15) is 4.79 Å². The van der Waals surface area contributed by atoms with Gasteiger partial charge in [-0.3, -0.25) is 4.79 Å². The third-order valence-electron chi connectivity index (χ3n) is 3.89. The maximum atomic E-state index is 12.3. The van der Waals surface area contributed by atoms with Gasteiger partial charge in [-0.25, -0.2) is 0 Å². The van der Waals surface area contributed by atoms with Gasteiger partial charge in [0.25, 0.3) is 5.91 Å². The molecule has 0 saturated carbocycles. The molecule has 0 aliphatic carbocycles. The first-order valence-corrected chi connectivity index (χ1v) is 7.96. The summed E-state index contributed by atoms with van der Waals surface area (Å²) in [7, 11) is 0. The molecule has 1 aliphatic heterocycles. The summed E-state index contributed by atoms with van der Waals surface area (Å²) in [4.78, 5) is 14.1. The van der Waals surface area contributed by atoms with Crippen molar-refractivity contribution in [2.75, 3.05) is 18.8 Å². The number of likely N-dealkylation sites (tertiary alicyclic amines) is 1. The Balaban J connectivity index is 1.54. The fourth-order valence-electron chi connectivity index (χ4n) is 2.74. The molecule has 1 aromatic heterocycles. The van der Waals surface area contributed by atoms with Gasteiger partial charge in [-0.05, 0) is 30.7 Å². The molecule has 21 heavy (non-hydrogen) atoms. The average Bonchev–Trinajstić information content (AvgIpc) is 2.95. The van der Waals surface area contributed by atoms with Crippen LogP contribution in [-0.2, 0) is 6.42 Å². The van der Waals surface area contributed by atoms with Gasteiger partial charge in [0, 0.05) is 13.1 Å². The van der Waals surface area contributed by atoms with Crippen molar-refractivity contribution >= 4 is 22.4 Å². The van der Waals surface area contributed by atoms with Crippen LogP contribution in [0.15, 0.2) is 30.3 Å². The molecule has 1 aromatic carbocycles. The molecule has 6 heteroatoms. The predicted octanol–water partition coefficient (Wildman–Crippen LogP) is 2.22. The third-order valence-corrected chi connectivity index (χ3v) is 4.63. The molecule has 2 heterocycles. The highest BCUT2D eigenvalue weighted by Crippen LogP contribution is 2.23. The van der Waals surface area contributed by atoms with Gasteiger partial charge in [-0.15, -0.1) is 10.2 Å². The number of carbonyl (C=O) groups excluding carboxylic acids is 1. The molecule has 1 aliphatic rings. The number of benzene rings is 1. The average molecular weight is 302 g/mol. The van der Waals surface area contributed by atoms with Crippen LogP contribution in [-0.4, -0.2) is 34.1 Å². The first-order valence-electron chi connectivity index (χ1n) is 7.14. The Hall–Kier alpha value is -1.95. The van der Waals surface area contributed by atoms with Crippen LogP contribution in [0.25, 0.3) is 0 Å². The molecule has 3 rings (SSSR count). The number of carbonyl (C=O) groups is 1. The summed E-state index contributed by atoms with van der Waals surface area (Å²) in [5.41, 5.74) is 6.90. The van der Waals surface area contributed by atoms with Gasteiger partial charge in [-0.1, -0.05) is 41.7 Å². The number of hydrogen-bond donors (Lipinski definition) is 1. The van der Waals surface area contributed by atoms with Gasteiger partial charge in [0.1, 0.15) is 0 Å². The van der Waals surface area contributed by atoms with E-state index in [1.54, 1.807) is 0 Å². The van der Waals surface area contributed by atoms with Crippen molar-refractivity contribution in [2.45, 2.75) is 19.3 Å². The summed E-state index contributed by atoms with van der Waals surface area (Å²) in [6, 6.07) is 10.5. The van der Waals surface area contributed by atoms with Crippen molar-refractivity contribution < 1.29 is 4.79 Å². The highest BCUT2D eigenvalue weighted by atomic mass is 32.1. The molecule has 0 unspecified atom stereocenters. The Bertz CT molecular complexity index is 605. The van der Waals surface area contributed by atoms with Crippen LogP contribution in [0.1, 0.15) is 28.2 Å². The molecule has 0 bridgehead atoms. The number of amides is 1. The number of rotatable bonds is 3. The number of aromatic nitrogens is 2. The predicted molar refractivity (Wildman–Crippen MR) is 83.1 cm³/mol. The molecule has 1 fully saturated rings. The molecule has 2 aromatic rings. The number of nitrogens with two attached hydrogens (primary N) is 1. The summed E-state index contributed by atoms with van der Waals surface area (Å²) in [5, 5.41) is 8.27. The second-order valence-corrected chi connectivity index (χ2v) is 6.38. The summed E-state index contributed by atoms with van der Waals surface area (Å²) < 4.78 is 0. The van der Waals surface area contributed by atoms with E-state index in [0.29, 0.717) is 16.1 Å². The molecular formula is C15H18N4OS. The van der Waals surface area contributed by atoms with E-state index in [-0.39, 0.29) is 5.91 Å². The molecule has 0 radical (unpaired) electrons. The Morgan fingerprint density at radius 1 is 1.24 bits per heavy atom. The molecule has 110 valence electrons. The lowest BCUT2D eigenvalue weighted by molar-refractivity contribution is 0.0689. The molecule has 1 amide bonds. The first kappa shape index (κ1) is 14.0. The van der Waals surface area contributed by atoms with Gasteiger partial charge < -0.3 is 10.6 Å². The van der Waals surface area contributed by atoms with Crippen LogP contribution >= 0.6 is 11.3 Å². The zero-order chi connectivity index (χ0) is 14.7. The molecule has 0 atom stereocenters. The van der Waals surface area contributed by atoms with Crippen LogP contribution in [0.5, 0.6) is 0 Å². The van der Waals surface area contributed by atoms with Gasteiger partial charge in [0.15, 0.2) is 0 Å². The second-order valence-electron chi connectivity index (χ2n) is 5.37. The van der Waals surface area contributed by atoms with Crippen LogP contribution in [0.2, 0.25) is 0 Å². The van der Waals surface area contributed by atoms with E-state index in [0.717, 1.165) is 43.7 Å². The topological polar surface area (TPSA) is 72.1 Å². The second kappa shape index (κ2) is 6.22. The lowest BCUT2D eigenvalue weighted by atomic mass is 9.90. The largest absolute Gasteiger partial charge is 0.374 e. The van der Waals surface area contributed by atoms with Crippen LogP contribution in [0.4, 0.5) is 5.13 Å². The van der Waals surface area contributed by atoms with Gasteiger partial charge in [0.2, 0.25) is 10.1 Å². The first-order chi connectivity index (χ1) is 10.2. The van der Waals surface area contributed by atoms with Crippen molar-refractivity contribution in [3.05, 3.63) is 40.9 Å². The van der Waals surface area contributed by atoms with Crippen molar-refractivity contribution in [3.8, 4) is 0 Å². The van der Waals surface area contributed by atoms with Crippen LogP contribution in [0.3, 0.4) is 0 Å².